The molecule has 1 atom stereocenters. The summed E-state index contributed by atoms with van der Waals surface area (Å²) in [4.78, 5) is 4.07. The molecule has 86 valence electrons. The Balaban J connectivity index is 2.16. The lowest BCUT2D eigenvalue weighted by atomic mass is 10.4. The zero-order valence-corrected chi connectivity index (χ0v) is 10.00. The Labute approximate surface area is 94.3 Å². The van der Waals surface area contributed by atoms with Gasteiger partial charge in [0, 0.05) is 19.3 Å². The molecule has 1 heterocycles. The Bertz CT molecular complexity index is 279. The fraction of sp³-hybridized carbons (Fsp3) is 0.778. The van der Waals surface area contributed by atoms with Crippen molar-refractivity contribution in [2.24, 2.45) is 7.05 Å². The summed E-state index contributed by atoms with van der Waals surface area (Å²) in [6.07, 6.45) is 2.27. The lowest BCUT2D eigenvalue weighted by Gasteiger charge is -2.10. The van der Waals surface area contributed by atoms with Crippen molar-refractivity contribution in [2.75, 3.05) is 18.8 Å². The molecule has 1 aromatic heterocycles. The lowest BCUT2D eigenvalue weighted by Crippen LogP contribution is -2.29. The fourth-order valence-electron chi connectivity index (χ4n) is 1.09. The highest BCUT2D eigenvalue weighted by molar-refractivity contribution is 7.99. The van der Waals surface area contributed by atoms with Gasteiger partial charge in [0.1, 0.15) is 6.33 Å². The van der Waals surface area contributed by atoms with Gasteiger partial charge in [0.25, 0.3) is 0 Å². The van der Waals surface area contributed by atoms with Crippen LogP contribution in [0.15, 0.2) is 11.5 Å². The van der Waals surface area contributed by atoms with Crippen molar-refractivity contribution < 1.29 is 5.11 Å². The molecule has 0 spiro atoms. The number of aryl methyl sites for hydroxylation is 1. The summed E-state index contributed by atoms with van der Waals surface area (Å²) in [6, 6.07) is 0. The molecule has 1 unspecified atom stereocenters. The van der Waals surface area contributed by atoms with Crippen molar-refractivity contribution in [3.8, 4) is 0 Å². The third-order valence-electron chi connectivity index (χ3n) is 1.88. The van der Waals surface area contributed by atoms with Crippen LogP contribution in [0.4, 0.5) is 0 Å². The van der Waals surface area contributed by atoms with Crippen LogP contribution in [0.25, 0.3) is 0 Å². The summed E-state index contributed by atoms with van der Waals surface area (Å²) in [7, 11) is 1.84. The number of aliphatic hydroxyl groups excluding tert-OH is 1. The van der Waals surface area contributed by atoms with Gasteiger partial charge in [-0.15, -0.1) is 0 Å². The average molecular weight is 230 g/mol. The van der Waals surface area contributed by atoms with Crippen LogP contribution in [0.3, 0.4) is 0 Å². The smallest absolute Gasteiger partial charge is 0.185 e. The first-order chi connectivity index (χ1) is 7.24. The first kappa shape index (κ1) is 12.5. The lowest BCUT2D eigenvalue weighted by molar-refractivity contribution is 0.196. The molecule has 0 amide bonds. The molecule has 0 saturated carbocycles. The number of nitrogens with zero attached hydrogens (tertiary/aromatic N) is 3. The van der Waals surface area contributed by atoms with Crippen molar-refractivity contribution >= 4 is 11.8 Å². The number of thioether (sulfide) groups is 1. The van der Waals surface area contributed by atoms with E-state index in [-0.39, 0.29) is 6.10 Å². The molecule has 1 aromatic rings. The molecule has 0 aromatic carbocycles. The maximum atomic E-state index is 9.62. The molecule has 0 fully saturated rings. The number of rotatable bonds is 7. The first-order valence-electron chi connectivity index (χ1n) is 5.09. The summed E-state index contributed by atoms with van der Waals surface area (Å²) in [5.41, 5.74) is 0. The van der Waals surface area contributed by atoms with Gasteiger partial charge >= 0.3 is 0 Å². The summed E-state index contributed by atoms with van der Waals surface area (Å²) in [6.45, 7) is 3.69. The summed E-state index contributed by atoms with van der Waals surface area (Å²) in [5.74, 6) is 0.642. The molecule has 0 radical (unpaired) electrons. The van der Waals surface area contributed by atoms with Crippen LogP contribution in [0.5, 0.6) is 0 Å². The second-order valence-corrected chi connectivity index (χ2v) is 4.32. The van der Waals surface area contributed by atoms with E-state index >= 15 is 0 Å². The molecule has 0 aliphatic heterocycles. The van der Waals surface area contributed by atoms with Crippen LogP contribution < -0.4 is 5.32 Å². The summed E-state index contributed by atoms with van der Waals surface area (Å²) in [5, 5.41) is 17.6. The van der Waals surface area contributed by atoms with E-state index < -0.39 is 0 Å². The predicted molar refractivity (Wildman–Crippen MR) is 60.9 cm³/mol. The first-order valence-corrected chi connectivity index (χ1v) is 6.08. The van der Waals surface area contributed by atoms with Crippen molar-refractivity contribution in [3.05, 3.63) is 6.33 Å². The minimum Gasteiger partial charge on any atom is -0.391 e. The maximum Gasteiger partial charge on any atom is 0.185 e. The van der Waals surface area contributed by atoms with Crippen molar-refractivity contribution in [1.82, 2.24) is 20.1 Å². The van der Waals surface area contributed by atoms with Gasteiger partial charge in [0.15, 0.2) is 5.16 Å². The molecule has 0 aliphatic carbocycles. The Kier molecular flexibility index (Phi) is 5.67. The van der Waals surface area contributed by atoms with Gasteiger partial charge in [-0.05, 0) is 13.0 Å². The van der Waals surface area contributed by atoms with Gasteiger partial charge in [-0.2, -0.15) is 5.10 Å². The Morgan fingerprint density at radius 3 is 3.07 bits per heavy atom. The molecule has 0 saturated heterocycles. The minimum absolute atomic E-state index is 0.335. The Morgan fingerprint density at radius 2 is 2.47 bits per heavy atom. The normalized spacial score (nSPS) is 13.0. The highest BCUT2D eigenvalue weighted by Gasteiger charge is 2.07. The number of aromatic nitrogens is 3. The van der Waals surface area contributed by atoms with Crippen LogP contribution in [-0.4, -0.2) is 44.8 Å². The van der Waals surface area contributed by atoms with E-state index in [1.54, 1.807) is 4.68 Å². The van der Waals surface area contributed by atoms with Crippen LogP contribution in [0.1, 0.15) is 13.3 Å². The highest BCUT2D eigenvalue weighted by Crippen LogP contribution is 2.13. The van der Waals surface area contributed by atoms with E-state index in [1.165, 1.54) is 18.1 Å². The van der Waals surface area contributed by atoms with Crippen LogP contribution in [-0.2, 0) is 7.05 Å². The van der Waals surface area contributed by atoms with Gasteiger partial charge < -0.3 is 10.4 Å². The SMILES string of the molecule is CCCNCC(O)CSc1ncnn1C. The van der Waals surface area contributed by atoms with Crippen LogP contribution >= 0.6 is 11.8 Å². The molecule has 6 heteroatoms. The van der Waals surface area contributed by atoms with Gasteiger partial charge in [-0.25, -0.2) is 9.67 Å². The van der Waals surface area contributed by atoms with Gasteiger partial charge in [0.2, 0.25) is 0 Å². The van der Waals surface area contributed by atoms with Crippen LogP contribution in [0, 0.1) is 0 Å². The highest BCUT2D eigenvalue weighted by atomic mass is 32.2. The van der Waals surface area contributed by atoms with E-state index in [4.69, 9.17) is 0 Å². The number of hydrogen-bond donors (Lipinski definition) is 2. The van der Waals surface area contributed by atoms with Gasteiger partial charge in [0.05, 0.1) is 6.10 Å². The van der Waals surface area contributed by atoms with E-state index in [2.05, 4.69) is 22.3 Å². The van der Waals surface area contributed by atoms with Gasteiger partial charge in [-0.3, -0.25) is 0 Å². The van der Waals surface area contributed by atoms with E-state index in [1.807, 2.05) is 7.05 Å². The minimum atomic E-state index is -0.335. The predicted octanol–water partition coefficient (Wildman–Crippen LogP) is 0.268. The largest absolute Gasteiger partial charge is 0.391 e. The Hall–Kier alpha value is -0.590. The maximum absolute atomic E-state index is 9.62. The standard InChI is InChI=1S/C9H18N4OS/c1-3-4-10-5-8(14)6-15-9-11-7-12-13(9)2/h7-8,10,14H,3-6H2,1-2H3. The van der Waals surface area contributed by atoms with E-state index in [0.717, 1.165) is 18.1 Å². The summed E-state index contributed by atoms with van der Waals surface area (Å²) >= 11 is 1.52. The van der Waals surface area contributed by atoms with Gasteiger partial charge in [-0.1, -0.05) is 18.7 Å². The molecule has 5 nitrogen and oxygen atoms in total. The zero-order valence-electron chi connectivity index (χ0n) is 9.18. The molecule has 2 N–H and O–H groups in total. The number of nitrogens with one attached hydrogen (secondary N) is 1. The molecule has 0 bridgehead atoms. The molecule has 0 aliphatic rings. The Morgan fingerprint density at radius 1 is 1.67 bits per heavy atom. The molecular weight excluding hydrogens is 212 g/mol. The molecular formula is C9H18N4OS. The van der Waals surface area contributed by atoms with E-state index in [9.17, 15) is 5.11 Å². The topological polar surface area (TPSA) is 63.0 Å². The fourth-order valence-corrected chi connectivity index (χ4v) is 1.91. The second-order valence-electron chi connectivity index (χ2n) is 3.34. The number of hydrogen-bond acceptors (Lipinski definition) is 5. The van der Waals surface area contributed by atoms with E-state index in [0.29, 0.717) is 12.3 Å². The van der Waals surface area contributed by atoms with Crippen molar-refractivity contribution in [2.45, 2.75) is 24.6 Å². The zero-order chi connectivity index (χ0) is 11.1. The third kappa shape index (κ3) is 4.63. The van der Waals surface area contributed by atoms with Crippen molar-refractivity contribution in [3.63, 3.8) is 0 Å². The molecule has 1 rings (SSSR count). The van der Waals surface area contributed by atoms with Crippen LogP contribution in [0.2, 0.25) is 0 Å². The van der Waals surface area contributed by atoms with Crippen molar-refractivity contribution in [1.29, 1.82) is 0 Å². The monoisotopic (exact) mass is 230 g/mol. The number of aliphatic hydroxyl groups is 1. The quantitative estimate of drug-likeness (QED) is 0.520. The summed E-state index contributed by atoms with van der Waals surface area (Å²) < 4.78 is 1.71. The molecule has 15 heavy (non-hydrogen) atoms. The second kappa shape index (κ2) is 6.81. The third-order valence-corrected chi connectivity index (χ3v) is 3.06. The average Bonchev–Trinajstić information content (AvgIpc) is 2.61.